The van der Waals surface area contributed by atoms with Crippen LogP contribution in [-0.4, -0.2) is 35.4 Å². The van der Waals surface area contributed by atoms with E-state index < -0.39 is 11.9 Å². The second kappa shape index (κ2) is 18.2. The van der Waals surface area contributed by atoms with E-state index in [2.05, 4.69) is 6.58 Å². The Morgan fingerprint density at radius 3 is 2.12 bits per heavy atom. The van der Waals surface area contributed by atoms with Gasteiger partial charge in [0.15, 0.2) is 0 Å². The number of nitrogens with zero attached hydrogens (tertiary/aromatic N) is 2. The monoisotopic (exact) mass is 360 g/mol. The van der Waals surface area contributed by atoms with Crippen molar-refractivity contribution in [1.82, 2.24) is 0 Å². The van der Waals surface area contributed by atoms with Crippen LogP contribution in [-0.2, 0) is 14.3 Å². The molecular formula is C19H24N2O5. The van der Waals surface area contributed by atoms with E-state index in [1.807, 2.05) is 6.92 Å². The molecule has 140 valence electrons. The molecule has 2 N–H and O–H groups in total. The van der Waals surface area contributed by atoms with Gasteiger partial charge in [0.05, 0.1) is 30.9 Å². The third-order valence-corrected chi connectivity index (χ3v) is 2.77. The van der Waals surface area contributed by atoms with Gasteiger partial charge in [-0.05, 0) is 6.42 Å². The zero-order valence-corrected chi connectivity index (χ0v) is 14.9. The van der Waals surface area contributed by atoms with Gasteiger partial charge in [-0.25, -0.2) is 9.59 Å². The highest BCUT2D eigenvalue weighted by atomic mass is 16.5. The SMILES string of the molecule is C=C(COCCC(=CCCCC)C(=O)O)C(=O)O.N#CC=CC=CC#N. The lowest BCUT2D eigenvalue weighted by Crippen LogP contribution is -2.09. The third-order valence-electron chi connectivity index (χ3n) is 2.77. The molecule has 0 aliphatic rings. The van der Waals surface area contributed by atoms with Gasteiger partial charge >= 0.3 is 11.9 Å². The normalized spacial score (nSPS) is 10.7. The van der Waals surface area contributed by atoms with Crippen LogP contribution >= 0.6 is 0 Å². The first-order valence-corrected chi connectivity index (χ1v) is 7.92. The zero-order chi connectivity index (χ0) is 20.2. The summed E-state index contributed by atoms with van der Waals surface area (Å²) in [5, 5.41) is 33.3. The minimum Gasteiger partial charge on any atom is -0.478 e. The number of carboxylic acid groups (broad SMARTS) is 2. The van der Waals surface area contributed by atoms with Gasteiger partial charge in [-0.15, -0.1) is 0 Å². The summed E-state index contributed by atoms with van der Waals surface area (Å²) >= 11 is 0. The van der Waals surface area contributed by atoms with Crippen LogP contribution in [0.15, 0.2) is 48.1 Å². The molecule has 7 heteroatoms. The van der Waals surface area contributed by atoms with E-state index >= 15 is 0 Å². The second-order valence-electron chi connectivity index (χ2n) is 4.86. The number of nitriles is 2. The molecule has 0 aromatic carbocycles. The number of rotatable bonds is 11. The molecule has 0 atom stereocenters. The first-order valence-electron chi connectivity index (χ1n) is 7.92. The Morgan fingerprint density at radius 2 is 1.69 bits per heavy atom. The van der Waals surface area contributed by atoms with Gasteiger partial charge in [-0.1, -0.05) is 44.6 Å². The van der Waals surface area contributed by atoms with E-state index in [0.29, 0.717) is 5.57 Å². The number of aliphatic carboxylic acids is 2. The first kappa shape index (κ1) is 25.1. The Hall–Kier alpha value is -3.16. The van der Waals surface area contributed by atoms with Gasteiger partial charge < -0.3 is 14.9 Å². The molecule has 7 nitrogen and oxygen atoms in total. The largest absolute Gasteiger partial charge is 0.478 e. The molecule has 0 heterocycles. The summed E-state index contributed by atoms with van der Waals surface area (Å²) in [6, 6.07) is 3.57. The molecule has 0 spiro atoms. The van der Waals surface area contributed by atoms with Crippen molar-refractivity contribution in [2.45, 2.75) is 32.6 Å². The maximum Gasteiger partial charge on any atom is 0.333 e. The zero-order valence-electron chi connectivity index (χ0n) is 14.9. The maximum atomic E-state index is 10.9. The fourth-order valence-electron chi connectivity index (χ4n) is 1.41. The molecule has 0 saturated heterocycles. The predicted octanol–water partition coefficient (Wildman–Crippen LogP) is 3.38. The Morgan fingerprint density at radius 1 is 1.12 bits per heavy atom. The molecule has 0 aromatic heterocycles. The van der Waals surface area contributed by atoms with E-state index in [9.17, 15) is 9.59 Å². The Kier molecular flexibility index (Phi) is 17.5. The summed E-state index contributed by atoms with van der Waals surface area (Å²) in [6.07, 6.45) is 10.3. The van der Waals surface area contributed by atoms with Gasteiger partial charge in [-0.2, -0.15) is 10.5 Å². The van der Waals surface area contributed by atoms with Gasteiger partial charge in [0.1, 0.15) is 0 Å². The molecule has 0 fully saturated rings. The molecule has 0 bridgehead atoms. The summed E-state index contributed by atoms with van der Waals surface area (Å²) in [7, 11) is 0. The summed E-state index contributed by atoms with van der Waals surface area (Å²) in [6.45, 7) is 5.44. The number of allylic oxidation sites excluding steroid dienone is 5. The van der Waals surface area contributed by atoms with Crippen molar-refractivity contribution in [1.29, 1.82) is 10.5 Å². The summed E-state index contributed by atoms with van der Waals surface area (Å²) < 4.78 is 5.06. The number of carboxylic acids is 2. The first-order chi connectivity index (χ1) is 12.4. The van der Waals surface area contributed by atoms with Crippen molar-refractivity contribution < 1.29 is 24.5 Å². The molecule has 0 aromatic rings. The van der Waals surface area contributed by atoms with Crippen LogP contribution in [0.4, 0.5) is 0 Å². The lowest BCUT2D eigenvalue weighted by molar-refractivity contribution is -0.134. The smallest absolute Gasteiger partial charge is 0.333 e. The lowest BCUT2D eigenvalue weighted by Gasteiger charge is -2.05. The third kappa shape index (κ3) is 17.2. The van der Waals surface area contributed by atoms with Crippen molar-refractivity contribution in [2.75, 3.05) is 13.2 Å². The molecule has 0 unspecified atom stereocenters. The van der Waals surface area contributed by atoms with E-state index in [0.717, 1.165) is 19.3 Å². The minimum absolute atomic E-state index is 0.0400. The van der Waals surface area contributed by atoms with E-state index in [1.165, 1.54) is 24.3 Å². The molecule has 0 amide bonds. The van der Waals surface area contributed by atoms with E-state index in [4.69, 9.17) is 25.5 Å². The molecule has 26 heavy (non-hydrogen) atoms. The van der Waals surface area contributed by atoms with Crippen LogP contribution in [0.3, 0.4) is 0 Å². The van der Waals surface area contributed by atoms with Crippen LogP contribution < -0.4 is 0 Å². The topological polar surface area (TPSA) is 131 Å². The van der Waals surface area contributed by atoms with Crippen LogP contribution in [0, 0.1) is 22.7 Å². The van der Waals surface area contributed by atoms with Crippen LogP contribution in [0.5, 0.6) is 0 Å². The van der Waals surface area contributed by atoms with E-state index in [1.54, 1.807) is 18.2 Å². The highest BCUT2D eigenvalue weighted by Gasteiger charge is 2.08. The Bertz CT molecular complexity index is 597. The number of ether oxygens (including phenoxy) is 1. The quantitative estimate of drug-likeness (QED) is 0.250. The standard InChI is InChI=1S/C13H20O5.C6H4N2/c1-3-4-5-6-11(13(16)17)7-8-18-9-10(2)12(14)15;7-5-3-1-2-4-6-8/h6H,2-5,7-9H2,1H3,(H,14,15)(H,16,17);1-4H. The maximum absolute atomic E-state index is 10.9. The number of hydrogen-bond acceptors (Lipinski definition) is 5. The lowest BCUT2D eigenvalue weighted by atomic mass is 10.1. The fraction of sp³-hybridized carbons (Fsp3) is 0.368. The minimum atomic E-state index is -1.10. The fourth-order valence-corrected chi connectivity index (χ4v) is 1.41. The van der Waals surface area contributed by atoms with Crippen molar-refractivity contribution in [3.8, 4) is 12.1 Å². The predicted molar refractivity (Wildman–Crippen MR) is 97.0 cm³/mol. The number of hydrogen-bond donors (Lipinski definition) is 2. The molecule has 0 rings (SSSR count). The van der Waals surface area contributed by atoms with Gasteiger partial charge in [0.2, 0.25) is 0 Å². The average Bonchev–Trinajstić information content (AvgIpc) is 2.61. The van der Waals surface area contributed by atoms with Gasteiger partial charge in [0, 0.05) is 24.1 Å². The molecule has 0 aliphatic heterocycles. The molecular weight excluding hydrogens is 336 g/mol. The summed E-state index contributed by atoms with van der Waals surface area (Å²) in [5.41, 5.74) is 0.270. The van der Waals surface area contributed by atoms with E-state index in [-0.39, 0.29) is 25.2 Å². The summed E-state index contributed by atoms with van der Waals surface area (Å²) in [4.78, 5) is 21.3. The van der Waals surface area contributed by atoms with Crippen molar-refractivity contribution in [2.24, 2.45) is 0 Å². The highest BCUT2D eigenvalue weighted by Crippen LogP contribution is 2.07. The van der Waals surface area contributed by atoms with Crippen LogP contribution in [0.1, 0.15) is 32.6 Å². The molecule has 0 saturated carbocycles. The number of unbranched alkanes of at least 4 members (excludes halogenated alkanes) is 2. The van der Waals surface area contributed by atoms with Crippen LogP contribution in [0.2, 0.25) is 0 Å². The Balaban J connectivity index is 0. The van der Waals surface area contributed by atoms with Crippen molar-refractivity contribution in [3.63, 3.8) is 0 Å². The number of carbonyl (C=O) groups is 2. The van der Waals surface area contributed by atoms with Crippen LogP contribution in [0.25, 0.3) is 0 Å². The van der Waals surface area contributed by atoms with Gasteiger partial charge in [0.25, 0.3) is 0 Å². The van der Waals surface area contributed by atoms with Crippen molar-refractivity contribution in [3.05, 3.63) is 48.1 Å². The second-order valence-corrected chi connectivity index (χ2v) is 4.86. The average molecular weight is 360 g/mol. The van der Waals surface area contributed by atoms with Gasteiger partial charge in [-0.3, -0.25) is 0 Å². The summed E-state index contributed by atoms with van der Waals surface area (Å²) in [5.74, 6) is -2.06. The molecule has 0 aliphatic carbocycles. The highest BCUT2D eigenvalue weighted by molar-refractivity contribution is 5.86. The molecule has 0 radical (unpaired) electrons. The Labute approximate surface area is 153 Å². The van der Waals surface area contributed by atoms with Crippen molar-refractivity contribution >= 4 is 11.9 Å².